The number of carbonyl (C=O) groups is 2. The van der Waals surface area contributed by atoms with Crippen LogP contribution in [0, 0.1) is 40.3 Å². The predicted octanol–water partition coefficient (Wildman–Crippen LogP) is 7.94. The van der Waals surface area contributed by atoms with Crippen LogP contribution in [-0.4, -0.2) is 41.1 Å². The number of aromatic nitrogens is 2. The van der Waals surface area contributed by atoms with Gasteiger partial charge in [0.1, 0.15) is 11.6 Å². The minimum atomic E-state index is -0.554. The van der Waals surface area contributed by atoms with E-state index in [2.05, 4.69) is 29.4 Å². The maximum Gasteiger partial charge on any atom is 0.272 e. The maximum absolute atomic E-state index is 14.7. The first kappa shape index (κ1) is 34.1. The SMILES string of the molecule is C[C@]12CC[C@H]3[C@@H](CCC4CC(=O)CC[C@@]43C)[C@@H]1CC[C@@H]2OCCCCCCNC(=O)c1cc(Cc2n[nH]c(=O)c3ccccc23)ccc1F. The molecule has 0 radical (unpaired) electrons. The summed E-state index contributed by atoms with van der Waals surface area (Å²) < 4.78 is 21.3. The molecule has 1 heterocycles. The molecule has 0 spiro atoms. The van der Waals surface area contributed by atoms with Crippen LogP contribution in [0.3, 0.4) is 0 Å². The molecule has 4 saturated carbocycles. The number of carbonyl (C=O) groups excluding carboxylic acids is 2. The monoisotopic (exact) mass is 669 g/mol. The van der Waals surface area contributed by atoms with E-state index in [0.29, 0.717) is 47.3 Å². The molecule has 49 heavy (non-hydrogen) atoms. The molecular formula is C41H52FN3O4. The predicted molar refractivity (Wildman–Crippen MR) is 189 cm³/mol. The first-order chi connectivity index (χ1) is 23.7. The summed E-state index contributed by atoms with van der Waals surface area (Å²) in [6.45, 7) is 6.31. The highest BCUT2D eigenvalue weighted by Crippen LogP contribution is 2.66. The smallest absolute Gasteiger partial charge is 0.272 e. The summed E-state index contributed by atoms with van der Waals surface area (Å²) in [6, 6.07) is 11.8. The number of nitrogens with one attached hydrogen (secondary N) is 2. The summed E-state index contributed by atoms with van der Waals surface area (Å²) in [7, 11) is 0. The number of fused-ring (bicyclic) bond motifs is 6. The number of ketones is 1. The zero-order valence-electron chi connectivity index (χ0n) is 29.2. The van der Waals surface area contributed by atoms with Gasteiger partial charge in [0.2, 0.25) is 0 Å². The van der Waals surface area contributed by atoms with Gasteiger partial charge in [-0.05, 0) is 116 Å². The van der Waals surface area contributed by atoms with E-state index in [1.807, 2.05) is 12.1 Å². The molecule has 7 nitrogen and oxygen atoms in total. The minimum Gasteiger partial charge on any atom is -0.378 e. The van der Waals surface area contributed by atoms with Gasteiger partial charge in [-0.15, -0.1) is 0 Å². The van der Waals surface area contributed by atoms with Gasteiger partial charge in [0, 0.05) is 37.8 Å². The van der Waals surface area contributed by atoms with Gasteiger partial charge in [-0.1, -0.05) is 51.0 Å². The van der Waals surface area contributed by atoms with Gasteiger partial charge in [0.25, 0.3) is 11.5 Å². The largest absolute Gasteiger partial charge is 0.378 e. The molecule has 4 fully saturated rings. The zero-order chi connectivity index (χ0) is 34.2. The van der Waals surface area contributed by atoms with Gasteiger partial charge in [0.05, 0.1) is 22.7 Å². The number of unbranched alkanes of at least 4 members (excludes halogenated alkanes) is 3. The quantitative estimate of drug-likeness (QED) is 0.202. The third kappa shape index (κ3) is 6.62. The Morgan fingerprint density at radius 2 is 1.73 bits per heavy atom. The van der Waals surface area contributed by atoms with E-state index in [0.717, 1.165) is 80.3 Å². The number of hydrogen-bond donors (Lipinski definition) is 2. The maximum atomic E-state index is 14.7. The molecule has 4 aliphatic rings. The summed E-state index contributed by atoms with van der Waals surface area (Å²) in [5, 5.41) is 10.9. The Morgan fingerprint density at radius 1 is 0.939 bits per heavy atom. The van der Waals surface area contributed by atoms with Crippen LogP contribution in [0.5, 0.6) is 0 Å². The van der Waals surface area contributed by atoms with E-state index in [1.54, 1.807) is 24.3 Å². The first-order valence-electron chi connectivity index (χ1n) is 18.8. The van der Waals surface area contributed by atoms with E-state index in [4.69, 9.17) is 4.74 Å². The van der Waals surface area contributed by atoms with Crippen molar-refractivity contribution in [3.63, 3.8) is 0 Å². The summed E-state index contributed by atoms with van der Waals surface area (Å²) in [5.41, 5.74) is 1.81. The Kier molecular flexibility index (Phi) is 9.80. The lowest BCUT2D eigenvalue weighted by atomic mass is 9.45. The number of halogens is 1. The fourth-order valence-corrected chi connectivity index (χ4v) is 10.7. The van der Waals surface area contributed by atoms with Crippen LogP contribution >= 0.6 is 0 Å². The van der Waals surface area contributed by atoms with Crippen molar-refractivity contribution in [2.45, 2.75) is 110 Å². The molecule has 1 aromatic heterocycles. The lowest BCUT2D eigenvalue weighted by Gasteiger charge is -2.60. The highest BCUT2D eigenvalue weighted by Gasteiger charge is 2.60. The highest BCUT2D eigenvalue weighted by molar-refractivity contribution is 5.94. The van der Waals surface area contributed by atoms with E-state index in [1.165, 1.54) is 44.6 Å². The van der Waals surface area contributed by atoms with Crippen LogP contribution in [-0.2, 0) is 16.0 Å². The van der Waals surface area contributed by atoms with Crippen molar-refractivity contribution in [1.82, 2.24) is 15.5 Å². The van der Waals surface area contributed by atoms with Crippen LogP contribution in [0.25, 0.3) is 10.8 Å². The second kappa shape index (κ2) is 14.1. The molecule has 0 saturated heterocycles. The van der Waals surface area contributed by atoms with Gasteiger partial charge in [-0.2, -0.15) is 5.10 Å². The molecule has 4 aliphatic carbocycles. The number of H-pyrrole nitrogens is 1. The Hall–Kier alpha value is -3.39. The molecule has 2 aromatic carbocycles. The molecule has 262 valence electrons. The molecule has 0 bridgehead atoms. The number of benzene rings is 2. The molecule has 0 aliphatic heterocycles. The summed E-state index contributed by atoms with van der Waals surface area (Å²) in [6.07, 6.45) is 14.8. The van der Waals surface area contributed by atoms with Crippen LogP contribution in [0.15, 0.2) is 47.3 Å². The van der Waals surface area contributed by atoms with E-state index in [9.17, 15) is 18.8 Å². The number of amides is 1. The third-order valence-corrected chi connectivity index (χ3v) is 13.5. The fraction of sp³-hybridized carbons (Fsp3) is 0.610. The van der Waals surface area contributed by atoms with Crippen LogP contribution < -0.4 is 10.9 Å². The summed E-state index contributed by atoms with van der Waals surface area (Å²) in [4.78, 5) is 37.3. The van der Waals surface area contributed by atoms with E-state index >= 15 is 0 Å². The topological polar surface area (TPSA) is 101 Å². The number of ether oxygens (including phenoxy) is 1. The van der Waals surface area contributed by atoms with Gasteiger partial charge in [-0.25, -0.2) is 9.49 Å². The Labute approximate surface area is 289 Å². The van der Waals surface area contributed by atoms with Gasteiger partial charge >= 0.3 is 0 Å². The van der Waals surface area contributed by atoms with E-state index in [-0.39, 0.29) is 16.5 Å². The number of aromatic amines is 1. The molecule has 3 aromatic rings. The second-order valence-electron chi connectivity index (χ2n) is 16.1. The standard InChI is InChI=1S/C41H52FN3O4/c1-40-19-17-28(46)25-27(40)12-13-31-33-14-16-37(41(33,2)20-18-34(31)40)49-22-8-4-3-7-21-43-38(47)32-23-26(11-15-35(32)42)24-36-29-9-5-6-10-30(29)39(48)45-44-36/h5-6,9-11,15,23,27,31,33-34,37H,3-4,7-8,12-14,16-22,24-25H2,1-2H3,(H,43,47)(H,45,48)/t27?,31-,33-,34-,37-,40-,41-/m0/s1. The van der Waals surface area contributed by atoms with Crippen LogP contribution in [0.4, 0.5) is 4.39 Å². The van der Waals surface area contributed by atoms with Crippen molar-refractivity contribution >= 4 is 22.5 Å². The molecule has 7 rings (SSSR count). The third-order valence-electron chi connectivity index (χ3n) is 13.5. The highest BCUT2D eigenvalue weighted by atomic mass is 19.1. The molecule has 1 amide bonds. The normalized spacial score (nSPS) is 30.8. The lowest BCUT2D eigenvalue weighted by molar-refractivity contribution is -0.145. The summed E-state index contributed by atoms with van der Waals surface area (Å²) >= 11 is 0. The Morgan fingerprint density at radius 3 is 2.59 bits per heavy atom. The minimum absolute atomic E-state index is 0.0213. The van der Waals surface area contributed by atoms with Crippen molar-refractivity contribution in [3.8, 4) is 0 Å². The van der Waals surface area contributed by atoms with Crippen molar-refractivity contribution < 1.29 is 18.7 Å². The molecule has 1 unspecified atom stereocenters. The van der Waals surface area contributed by atoms with E-state index < -0.39 is 11.7 Å². The molecule has 8 heteroatoms. The van der Waals surface area contributed by atoms with Crippen LogP contribution in [0.1, 0.15) is 119 Å². The van der Waals surface area contributed by atoms with Crippen molar-refractivity contribution in [2.75, 3.05) is 13.2 Å². The average Bonchev–Trinajstić information content (AvgIpc) is 3.44. The fourth-order valence-electron chi connectivity index (χ4n) is 10.7. The van der Waals surface area contributed by atoms with Crippen LogP contribution in [0.2, 0.25) is 0 Å². The molecular weight excluding hydrogens is 617 g/mol. The number of rotatable bonds is 11. The average molecular weight is 670 g/mol. The lowest BCUT2D eigenvalue weighted by Crippen LogP contribution is -2.54. The van der Waals surface area contributed by atoms with Crippen molar-refractivity contribution in [1.29, 1.82) is 0 Å². The van der Waals surface area contributed by atoms with Crippen molar-refractivity contribution in [2.24, 2.45) is 34.5 Å². The number of hydrogen-bond acceptors (Lipinski definition) is 5. The van der Waals surface area contributed by atoms with Gasteiger partial charge < -0.3 is 10.1 Å². The number of nitrogens with zero attached hydrogens (tertiary/aromatic N) is 1. The van der Waals surface area contributed by atoms with Gasteiger partial charge in [0.15, 0.2) is 0 Å². The molecule has 7 atom stereocenters. The Bertz CT molecular complexity index is 1760. The number of Topliss-reactive ketones (excluding diaryl/α,β-unsaturated/α-hetero) is 1. The molecule has 2 N–H and O–H groups in total. The Balaban J connectivity index is 0.834. The first-order valence-corrected chi connectivity index (χ1v) is 18.8. The zero-order valence-corrected chi connectivity index (χ0v) is 29.2. The summed E-state index contributed by atoms with van der Waals surface area (Å²) in [5.74, 6) is 2.44. The van der Waals surface area contributed by atoms with Gasteiger partial charge in [-0.3, -0.25) is 14.4 Å². The second-order valence-corrected chi connectivity index (χ2v) is 16.1. The van der Waals surface area contributed by atoms with Crippen molar-refractivity contribution in [3.05, 3.63) is 75.5 Å².